The molecule has 0 saturated heterocycles. The molecule has 0 aliphatic heterocycles. The number of hydrogen-bond acceptors (Lipinski definition) is 4. The molecule has 0 aliphatic carbocycles. The Labute approximate surface area is 95.5 Å². The van der Waals surface area contributed by atoms with E-state index in [2.05, 4.69) is 5.16 Å². The Kier molecular flexibility index (Phi) is 6.03. The molecule has 1 rings (SSSR count). The molecule has 0 amide bonds. The highest BCUT2D eigenvalue weighted by Gasteiger charge is 1.95. The van der Waals surface area contributed by atoms with Crippen LogP contribution in [0.2, 0.25) is 0 Å². The van der Waals surface area contributed by atoms with Crippen LogP contribution in [0.4, 0.5) is 0 Å². The maximum atomic E-state index is 8.18. The molecule has 4 nitrogen and oxygen atoms in total. The minimum Gasteiger partial charge on any atom is -0.488 e. The van der Waals surface area contributed by atoms with Gasteiger partial charge in [-0.25, -0.2) is 0 Å². The van der Waals surface area contributed by atoms with Gasteiger partial charge in [0, 0.05) is 6.61 Å². The normalized spacial score (nSPS) is 10.8. The van der Waals surface area contributed by atoms with E-state index in [1.165, 1.54) is 11.8 Å². The van der Waals surface area contributed by atoms with Crippen LogP contribution in [0.15, 0.2) is 29.4 Å². The van der Waals surface area contributed by atoms with Crippen LogP contribution in [0.1, 0.15) is 12.5 Å². The van der Waals surface area contributed by atoms with Crippen molar-refractivity contribution in [2.24, 2.45) is 5.16 Å². The smallest absolute Gasteiger partial charge is 0.127 e. The zero-order chi connectivity index (χ0) is 11.6. The van der Waals surface area contributed by atoms with Gasteiger partial charge in [0.15, 0.2) is 0 Å². The van der Waals surface area contributed by atoms with Crippen LogP contribution in [0.3, 0.4) is 0 Å². The van der Waals surface area contributed by atoms with Crippen molar-refractivity contribution in [3.8, 4) is 5.75 Å². The van der Waals surface area contributed by atoms with E-state index in [0.717, 1.165) is 25.4 Å². The monoisotopic (exact) mass is 223 g/mol. The van der Waals surface area contributed by atoms with Crippen molar-refractivity contribution in [1.29, 1.82) is 0 Å². The lowest BCUT2D eigenvalue weighted by molar-refractivity contribution is 0.151. The van der Waals surface area contributed by atoms with Gasteiger partial charge in [-0.1, -0.05) is 17.3 Å². The van der Waals surface area contributed by atoms with E-state index in [-0.39, 0.29) is 6.61 Å². The van der Waals surface area contributed by atoms with Gasteiger partial charge in [0.25, 0.3) is 0 Å². The average molecular weight is 223 g/mol. The first kappa shape index (κ1) is 12.5. The Bertz CT molecular complexity index is 309. The molecule has 0 unspecified atom stereocenters. The van der Waals surface area contributed by atoms with E-state index in [1.807, 2.05) is 31.2 Å². The number of rotatable bonds is 7. The fourth-order valence-corrected chi connectivity index (χ4v) is 1.25. The zero-order valence-corrected chi connectivity index (χ0v) is 9.43. The van der Waals surface area contributed by atoms with E-state index in [0.29, 0.717) is 0 Å². The summed E-state index contributed by atoms with van der Waals surface area (Å²) in [5.41, 5.74) is 1.22. The first-order valence-electron chi connectivity index (χ1n) is 5.32. The van der Waals surface area contributed by atoms with E-state index >= 15 is 0 Å². The van der Waals surface area contributed by atoms with Crippen LogP contribution in [0.5, 0.6) is 5.75 Å². The lowest BCUT2D eigenvalue weighted by Gasteiger charge is -2.05. The lowest BCUT2D eigenvalue weighted by atomic mass is 10.1. The molecule has 0 aliphatic rings. The maximum absolute atomic E-state index is 8.18. The third kappa shape index (κ3) is 4.79. The molecule has 16 heavy (non-hydrogen) atoms. The molecule has 0 bridgehead atoms. The molecular formula is C12H17NO3. The Morgan fingerprint density at radius 2 is 2.06 bits per heavy atom. The largest absolute Gasteiger partial charge is 0.488 e. The Morgan fingerprint density at radius 1 is 1.31 bits per heavy atom. The van der Waals surface area contributed by atoms with E-state index in [4.69, 9.17) is 14.7 Å². The van der Waals surface area contributed by atoms with Gasteiger partial charge in [-0.15, -0.1) is 0 Å². The molecule has 0 fully saturated rings. The van der Waals surface area contributed by atoms with Crippen molar-refractivity contribution in [3.05, 3.63) is 29.8 Å². The van der Waals surface area contributed by atoms with E-state index in [9.17, 15) is 0 Å². The van der Waals surface area contributed by atoms with E-state index < -0.39 is 0 Å². The maximum Gasteiger partial charge on any atom is 0.127 e. The van der Waals surface area contributed by atoms with Gasteiger partial charge in [-0.05, 0) is 31.0 Å². The van der Waals surface area contributed by atoms with Gasteiger partial charge in [-0.3, -0.25) is 0 Å². The summed E-state index contributed by atoms with van der Waals surface area (Å²) >= 11 is 0. The molecule has 0 atom stereocenters. The van der Waals surface area contributed by atoms with Gasteiger partial charge in [0.1, 0.15) is 12.4 Å². The minimum absolute atomic E-state index is 0.273. The molecule has 0 spiro atoms. The van der Waals surface area contributed by atoms with Crippen molar-refractivity contribution in [2.45, 2.75) is 13.3 Å². The summed E-state index contributed by atoms with van der Waals surface area (Å²) in [4.78, 5) is 0. The number of benzene rings is 1. The number of oxime groups is 1. The van der Waals surface area contributed by atoms with Crippen molar-refractivity contribution >= 4 is 6.21 Å². The zero-order valence-electron chi connectivity index (χ0n) is 9.43. The summed E-state index contributed by atoms with van der Waals surface area (Å²) in [6.07, 6.45) is 2.20. The van der Waals surface area contributed by atoms with Crippen LogP contribution in [-0.2, 0) is 11.2 Å². The van der Waals surface area contributed by atoms with Crippen molar-refractivity contribution in [1.82, 2.24) is 0 Å². The van der Waals surface area contributed by atoms with Crippen LogP contribution in [0.25, 0.3) is 0 Å². The molecule has 1 N–H and O–H groups in total. The SMILES string of the molecule is CCOCCc1ccc(OCC=NO)cc1. The predicted molar refractivity (Wildman–Crippen MR) is 62.4 cm³/mol. The average Bonchev–Trinajstić information content (AvgIpc) is 2.32. The summed E-state index contributed by atoms with van der Waals surface area (Å²) in [5, 5.41) is 11.0. The molecule has 0 heterocycles. The molecule has 1 aromatic rings. The van der Waals surface area contributed by atoms with Gasteiger partial charge < -0.3 is 14.7 Å². The summed E-state index contributed by atoms with van der Waals surface area (Å²) in [6, 6.07) is 7.80. The summed E-state index contributed by atoms with van der Waals surface area (Å²) in [5.74, 6) is 0.764. The predicted octanol–water partition coefficient (Wildman–Crippen LogP) is 2.10. The van der Waals surface area contributed by atoms with Crippen molar-refractivity contribution in [3.63, 3.8) is 0 Å². The molecule has 88 valence electrons. The van der Waals surface area contributed by atoms with Crippen LogP contribution >= 0.6 is 0 Å². The molecule has 1 aromatic carbocycles. The third-order valence-corrected chi connectivity index (χ3v) is 2.07. The Balaban J connectivity index is 2.35. The van der Waals surface area contributed by atoms with Crippen molar-refractivity contribution in [2.75, 3.05) is 19.8 Å². The second-order valence-corrected chi connectivity index (χ2v) is 3.20. The molecule has 0 radical (unpaired) electrons. The standard InChI is InChI=1S/C12H17NO3/c1-2-15-9-7-11-3-5-12(6-4-11)16-10-8-13-14/h3-6,8,14H,2,7,9-10H2,1H3. The summed E-state index contributed by atoms with van der Waals surface area (Å²) < 4.78 is 10.6. The van der Waals surface area contributed by atoms with Crippen LogP contribution in [-0.4, -0.2) is 31.2 Å². The second kappa shape index (κ2) is 7.70. The first-order valence-corrected chi connectivity index (χ1v) is 5.32. The lowest BCUT2D eigenvalue weighted by Crippen LogP contribution is -1.99. The summed E-state index contributed by atoms with van der Waals surface area (Å²) in [7, 11) is 0. The van der Waals surface area contributed by atoms with Gasteiger partial charge in [0.05, 0.1) is 12.8 Å². The number of hydrogen-bond donors (Lipinski definition) is 1. The van der Waals surface area contributed by atoms with Crippen LogP contribution in [0, 0.1) is 0 Å². The minimum atomic E-state index is 0.273. The number of ether oxygens (including phenoxy) is 2. The van der Waals surface area contributed by atoms with Crippen LogP contribution < -0.4 is 4.74 Å². The topological polar surface area (TPSA) is 51.0 Å². The second-order valence-electron chi connectivity index (χ2n) is 3.20. The number of nitrogens with zero attached hydrogens (tertiary/aromatic N) is 1. The molecule has 4 heteroatoms. The highest BCUT2D eigenvalue weighted by Crippen LogP contribution is 2.12. The first-order chi connectivity index (χ1) is 7.86. The van der Waals surface area contributed by atoms with Gasteiger partial charge in [-0.2, -0.15) is 0 Å². The fourth-order valence-electron chi connectivity index (χ4n) is 1.25. The Hall–Kier alpha value is -1.55. The quantitative estimate of drug-likeness (QED) is 0.333. The molecular weight excluding hydrogens is 206 g/mol. The highest BCUT2D eigenvalue weighted by molar-refractivity contribution is 5.58. The van der Waals surface area contributed by atoms with Crippen molar-refractivity contribution < 1.29 is 14.7 Å². The third-order valence-electron chi connectivity index (χ3n) is 2.07. The molecule has 0 saturated carbocycles. The fraction of sp³-hybridized carbons (Fsp3) is 0.417. The molecule has 0 aromatic heterocycles. The van der Waals surface area contributed by atoms with Gasteiger partial charge >= 0.3 is 0 Å². The Morgan fingerprint density at radius 3 is 2.69 bits per heavy atom. The summed E-state index contributed by atoms with van der Waals surface area (Å²) in [6.45, 7) is 3.75. The van der Waals surface area contributed by atoms with E-state index in [1.54, 1.807) is 0 Å². The highest BCUT2D eigenvalue weighted by atomic mass is 16.5. The van der Waals surface area contributed by atoms with Gasteiger partial charge in [0.2, 0.25) is 0 Å².